The molecule has 3 aromatic carbocycles. The summed E-state index contributed by atoms with van der Waals surface area (Å²) in [6.45, 7) is 10.2. The molecule has 174 valence electrons. The van der Waals surface area contributed by atoms with Crippen LogP contribution in [0.2, 0.25) is 0 Å². The lowest BCUT2D eigenvalue weighted by molar-refractivity contribution is 0.291. The number of nitrogens with zero attached hydrogens (tertiary/aromatic N) is 3. The molecule has 4 aromatic rings. The number of fused-ring (bicyclic) bond motifs is 3. The third-order valence-corrected chi connectivity index (χ3v) is 5.96. The summed E-state index contributed by atoms with van der Waals surface area (Å²) < 4.78 is 18.8. The Morgan fingerprint density at radius 1 is 1.03 bits per heavy atom. The number of ether oxygens (including phenoxy) is 3. The van der Waals surface area contributed by atoms with Gasteiger partial charge in [-0.05, 0) is 72.5 Å². The van der Waals surface area contributed by atoms with E-state index < -0.39 is 0 Å². The quantitative estimate of drug-likeness (QED) is 0.342. The summed E-state index contributed by atoms with van der Waals surface area (Å²) in [6.07, 6.45) is 0.729. The van der Waals surface area contributed by atoms with E-state index in [0.717, 1.165) is 34.6 Å². The Morgan fingerprint density at radius 2 is 1.86 bits per heavy atom. The lowest BCUT2D eigenvalue weighted by Crippen LogP contribution is -2.28. The monoisotopic (exact) mass is 465 g/mol. The number of methoxy groups -OCH3 is 1. The second-order valence-electron chi connectivity index (χ2n) is 8.30. The first-order valence-electron chi connectivity index (χ1n) is 11.2. The van der Waals surface area contributed by atoms with Crippen molar-refractivity contribution in [2.45, 2.75) is 26.5 Å². The summed E-state index contributed by atoms with van der Waals surface area (Å²) in [6, 6.07) is 20.6. The molecule has 7 heteroatoms. The minimum absolute atomic E-state index is 0.105. The Hall–Kier alpha value is -4.57. The minimum Gasteiger partial charge on any atom is -0.497 e. The zero-order valence-corrected chi connectivity index (χ0v) is 19.4. The van der Waals surface area contributed by atoms with Crippen molar-refractivity contribution in [3.8, 4) is 34.4 Å². The zero-order chi connectivity index (χ0) is 24.4. The smallest absolute Gasteiger partial charge is 0.351 e. The normalized spacial score (nSPS) is 11.7. The predicted molar refractivity (Wildman–Crippen MR) is 132 cm³/mol. The van der Waals surface area contributed by atoms with Crippen LogP contribution in [0.4, 0.5) is 5.69 Å². The van der Waals surface area contributed by atoms with Crippen LogP contribution in [0, 0.1) is 13.5 Å². The Labute approximate surface area is 203 Å². The molecule has 5 rings (SSSR count). The van der Waals surface area contributed by atoms with E-state index in [1.54, 1.807) is 35.9 Å². The van der Waals surface area contributed by atoms with Gasteiger partial charge in [-0.15, -0.1) is 0 Å². The largest absolute Gasteiger partial charge is 0.497 e. The van der Waals surface area contributed by atoms with Crippen molar-refractivity contribution >= 4 is 5.69 Å². The standard InChI is InChI=1S/C28H23N3O4/c1-18-5-4-6-22(13-18)35-23-8-7-20(25(15-23)29-2)17-34-27-16-26-24-10-9-21(33-3)14-19(24)11-12-31(26)28(32)30-27/h4-10,13-16H,11-12,17H2,1,3H3. The molecule has 0 atom stereocenters. The van der Waals surface area contributed by atoms with Gasteiger partial charge in [0.05, 0.1) is 19.4 Å². The number of hydrogen-bond acceptors (Lipinski definition) is 5. The molecule has 0 saturated heterocycles. The van der Waals surface area contributed by atoms with Crippen molar-refractivity contribution < 1.29 is 14.2 Å². The van der Waals surface area contributed by atoms with Crippen LogP contribution < -0.4 is 19.9 Å². The van der Waals surface area contributed by atoms with Gasteiger partial charge in [-0.25, -0.2) is 9.64 Å². The summed E-state index contributed by atoms with van der Waals surface area (Å²) >= 11 is 0. The van der Waals surface area contributed by atoms with E-state index in [0.29, 0.717) is 29.3 Å². The van der Waals surface area contributed by atoms with Crippen LogP contribution in [-0.4, -0.2) is 16.7 Å². The summed E-state index contributed by atoms with van der Waals surface area (Å²) in [7, 11) is 1.64. The maximum absolute atomic E-state index is 12.7. The highest BCUT2D eigenvalue weighted by atomic mass is 16.5. The summed E-state index contributed by atoms with van der Waals surface area (Å²) in [5.74, 6) is 2.29. The fourth-order valence-corrected chi connectivity index (χ4v) is 4.18. The van der Waals surface area contributed by atoms with Crippen LogP contribution in [-0.2, 0) is 19.6 Å². The first kappa shape index (κ1) is 22.2. The second-order valence-corrected chi connectivity index (χ2v) is 8.30. The highest BCUT2D eigenvalue weighted by Gasteiger charge is 2.20. The van der Waals surface area contributed by atoms with Crippen LogP contribution in [0.3, 0.4) is 0 Å². The van der Waals surface area contributed by atoms with Gasteiger partial charge in [0, 0.05) is 18.2 Å². The summed E-state index contributed by atoms with van der Waals surface area (Å²) in [5, 5.41) is 0. The molecule has 0 bridgehead atoms. The maximum atomic E-state index is 12.7. The third kappa shape index (κ3) is 4.59. The van der Waals surface area contributed by atoms with Gasteiger partial charge in [0.15, 0.2) is 5.69 Å². The predicted octanol–water partition coefficient (Wildman–Crippen LogP) is 5.71. The number of aromatic nitrogens is 2. The second kappa shape index (κ2) is 9.35. The van der Waals surface area contributed by atoms with Crippen molar-refractivity contribution in [3.05, 3.63) is 105 Å². The fourth-order valence-electron chi connectivity index (χ4n) is 4.18. The highest BCUT2D eigenvalue weighted by Crippen LogP contribution is 2.33. The molecule has 1 aliphatic rings. The van der Waals surface area contributed by atoms with Crippen molar-refractivity contribution in [1.82, 2.24) is 9.55 Å². The SMILES string of the molecule is [C-]#[N+]c1cc(Oc2cccc(C)c2)ccc1COc1cc2n(c(=O)n1)CCc1cc(OC)ccc1-2. The van der Waals surface area contributed by atoms with Gasteiger partial charge >= 0.3 is 5.69 Å². The van der Waals surface area contributed by atoms with Gasteiger partial charge in [0.1, 0.15) is 23.9 Å². The van der Waals surface area contributed by atoms with E-state index in [9.17, 15) is 4.79 Å². The number of benzene rings is 3. The molecule has 0 fully saturated rings. The van der Waals surface area contributed by atoms with Crippen LogP contribution in [0.25, 0.3) is 16.1 Å². The van der Waals surface area contributed by atoms with Crippen LogP contribution in [0.15, 0.2) is 71.5 Å². The van der Waals surface area contributed by atoms with Gasteiger partial charge in [-0.2, -0.15) is 4.98 Å². The molecule has 0 radical (unpaired) electrons. The number of rotatable bonds is 6. The van der Waals surface area contributed by atoms with E-state index in [4.69, 9.17) is 20.8 Å². The lowest BCUT2D eigenvalue weighted by atomic mass is 9.97. The molecule has 1 aromatic heterocycles. The van der Waals surface area contributed by atoms with Crippen LogP contribution >= 0.6 is 0 Å². The minimum atomic E-state index is -0.355. The molecular formula is C28H23N3O4. The Kier molecular flexibility index (Phi) is 5.94. The molecule has 0 N–H and O–H groups in total. The van der Waals surface area contributed by atoms with E-state index in [-0.39, 0.29) is 18.2 Å². The van der Waals surface area contributed by atoms with Crippen LogP contribution in [0.5, 0.6) is 23.1 Å². The van der Waals surface area contributed by atoms with Crippen molar-refractivity contribution in [1.29, 1.82) is 0 Å². The molecule has 35 heavy (non-hydrogen) atoms. The first-order chi connectivity index (χ1) is 17.0. The average molecular weight is 466 g/mol. The van der Waals surface area contributed by atoms with Crippen molar-refractivity contribution in [2.24, 2.45) is 0 Å². The van der Waals surface area contributed by atoms with E-state index in [1.165, 1.54) is 0 Å². The van der Waals surface area contributed by atoms with Gasteiger partial charge < -0.3 is 14.2 Å². The highest BCUT2D eigenvalue weighted by molar-refractivity contribution is 5.67. The molecule has 0 unspecified atom stereocenters. The number of aryl methyl sites for hydroxylation is 2. The molecule has 0 amide bonds. The molecule has 1 aliphatic heterocycles. The molecule has 0 aliphatic carbocycles. The fraction of sp³-hybridized carbons (Fsp3) is 0.179. The Morgan fingerprint density at radius 3 is 2.66 bits per heavy atom. The maximum Gasteiger partial charge on any atom is 0.351 e. The Balaban J connectivity index is 1.37. The van der Waals surface area contributed by atoms with Gasteiger partial charge in [-0.1, -0.05) is 18.2 Å². The molecule has 2 heterocycles. The summed E-state index contributed by atoms with van der Waals surface area (Å²) in [5.41, 5.74) is 4.67. The third-order valence-electron chi connectivity index (χ3n) is 5.96. The molecule has 0 spiro atoms. The molecule has 7 nitrogen and oxygen atoms in total. The summed E-state index contributed by atoms with van der Waals surface area (Å²) in [4.78, 5) is 20.4. The van der Waals surface area contributed by atoms with Gasteiger partial charge in [-0.3, -0.25) is 4.57 Å². The van der Waals surface area contributed by atoms with Crippen molar-refractivity contribution in [3.63, 3.8) is 0 Å². The van der Waals surface area contributed by atoms with Crippen LogP contribution in [0.1, 0.15) is 16.7 Å². The van der Waals surface area contributed by atoms with Gasteiger partial charge in [0.2, 0.25) is 5.88 Å². The van der Waals surface area contributed by atoms with E-state index >= 15 is 0 Å². The number of hydrogen-bond donors (Lipinski definition) is 0. The lowest BCUT2D eigenvalue weighted by Gasteiger charge is -2.22. The van der Waals surface area contributed by atoms with E-state index in [2.05, 4.69) is 9.83 Å². The van der Waals surface area contributed by atoms with Gasteiger partial charge in [0.25, 0.3) is 0 Å². The molecule has 0 saturated carbocycles. The first-order valence-corrected chi connectivity index (χ1v) is 11.2. The van der Waals surface area contributed by atoms with Crippen molar-refractivity contribution in [2.75, 3.05) is 7.11 Å². The average Bonchev–Trinajstić information content (AvgIpc) is 2.87. The van der Waals surface area contributed by atoms with E-state index in [1.807, 2.05) is 49.4 Å². The zero-order valence-electron chi connectivity index (χ0n) is 19.4. The Bertz CT molecular complexity index is 1520. The topological polar surface area (TPSA) is 66.9 Å². The molecular weight excluding hydrogens is 442 g/mol.